The summed E-state index contributed by atoms with van der Waals surface area (Å²) in [6, 6.07) is 0. The minimum absolute atomic E-state index is 0. The number of hydrogen-bond acceptors (Lipinski definition) is 6. The Balaban J connectivity index is -0.0000000590. The fourth-order valence-electron chi connectivity index (χ4n) is 0. The smallest absolute Gasteiger partial charge is 0.831 e. The molecular formula is C8H20O5SZn. The minimum atomic E-state index is -0.866. The SMILES string of the molecule is COC(C)[O-].COC(C)[O-].OCCS.[Zn+2]. The average Bonchev–Trinajstić information content (AvgIpc) is 2.19. The van der Waals surface area contributed by atoms with Crippen molar-refractivity contribution in [1.29, 1.82) is 0 Å². The van der Waals surface area contributed by atoms with E-state index in [9.17, 15) is 10.2 Å². The van der Waals surface area contributed by atoms with Crippen molar-refractivity contribution >= 4 is 12.6 Å². The molecule has 0 aliphatic carbocycles. The third-order valence-corrected chi connectivity index (χ3v) is 0.964. The van der Waals surface area contributed by atoms with Gasteiger partial charge in [0.2, 0.25) is 0 Å². The Kier molecular flexibility index (Phi) is 40.0. The topological polar surface area (TPSA) is 84.8 Å². The number of thiol groups is 1. The fraction of sp³-hybridized carbons (Fsp3) is 1.00. The number of aliphatic hydroxyl groups excluding tert-OH is 1. The van der Waals surface area contributed by atoms with Gasteiger partial charge in [-0.25, -0.2) is 0 Å². The molecule has 0 saturated heterocycles. The Hall–Kier alpha value is 0.773. The van der Waals surface area contributed by atoms with Gasteiger partial charge in [-0.15, -0.1) is 0 Å². The molecule has 0 aromatic rings. The molecule has 0 bridgehead atoms. The third-order valence-electron chi connectivity index (χ3n) is 0.764. The second-order valence-electron chi connectivity index (χ2n) is 2.05. The van der Waals surface area contributed by atoms with Crippen molar-refractivity contribution in [3.63, 3.8) is 0 Å². The second-order valence-corrected chi connectivity index (χ2v) is 2.50. The van der Waals surface area contributed by atoms with Crippen molar-refractivity contribution in [2.75, 3.05) is 26.6 Å². The fourth-order valence-corrected chi connectivity index (χ4v) is 0. The first kappa shape index (κ1) is 24.8. The van der Waals surface area contributed by atoms with Gasteiger partial charge < -0.3 is 24.8 Å². The van der Waals surface area contributed by atoms with Crippen LogP contribution in [0.4, 0.5) is 0 Å². The number of rotatable bonds is 3. The van der Waals surface area contributed by atoms with Gasteiger partial charge in [-0.2, -0.15) is 12.6 Å². The maximum absolute atomic E-state index is 9.67. The van der Waals surface area contributed by atoms with Crippen molar-refractivity contribution in [2.45, 2.75) is 26.4 Å². The summed E-state index contributed by atoms with van der Waals surface area (Å²) in [6.07, 6.45) is -1.73. The van der Waals surface area contributed by atoms with E-state index in [1.165, 1.54) is 28.1 Å². The number of hydrogen-bond donors (Lipinski definition) is 2. The van der Waals surface area contributed by atoms with Crippen LogP contribution in [0.15, 0.2) is 0 Å². The van der Waals surface area contributed by atoms with Crippen LogP contribution >= 0.6 is 12.6 Å². The summed E-state index contributed by atoms with van der Waals surface area (Å²) >= 11 is 3.67. The molecule has 0 amide bonds. The summed E-state index contributed by atoms with van der Waals surface area (Å²) in [7, 11) is 2.77. The molecule has 0 rings (SSSR count). The normalized spacial score (nSPS) is 12.0. The minimum Gasteiger partial charge on any atom is -0.831 e. The van der Waals surface area contributed by atoms with Crippen LogP contribution in [0.3, 0.4) is 0 Å². The van der Waals surface area contributed by atoms with Crippen LogP contribution in [0.2, 0.25) is 0 Å². The van der Waals surface area contributed by atoms with Gasteiger partial charge in [0, 0.05) is 20.0 Å². The van der Waals surface area contributed by atoms with E-state index in [-0.39, 0.29) is 26.1 Å². The summed E-state index contributed by atoms with van der Waals surface area (Å²) in [5.74, 6) is 0.569. The standard InChI is InChI=1S/2C3H7O2.C2H6OS.Zn/c2*1-3(4)5-2;3-1-2-4;/h2*3H,1-2H3;3-4H,1-2H2;/q2*-1;;+2. The summed E-state index contributed by atoms with van der Waals surface area (Å²) < 4.78 is 8.39. The van der Waals surface area contributed by atoms with E-state index in [4.69, 9.17) is 5.11 Å². The van der Waals surface area contributed by atoms with Crippen LogP contribution in [0.1, 0.15) is 13.8 Å². The molecule has 0 fully saturated rings. The third kappa shape index (κ3) is 72.3. The van der Waals surface area contributed by atoms with E-state index < -0.39 is 12.6 Å². The van der Waals surface area contributed by atoms with Crippen LogP contribution < -0.4 is 10.2 Å². The summed E-state index contributed by atoms with van der Waals surface area (Å²) in [6.45, 7) is 3.07. The zero-order valence-electron chi connectivity index (χ0n) is 9.80. The molecule has 0 radical (unpaired) electrons. The predicted molar refractivity (Wildman–Crippen MR) is 53.9 cm³/mol. The van der Waals surface area contributed by atoms with E-state index in [2.05, 4.69) is 22.1 Å². The van der Waals surface area contributed by atoms with Crippen LogP contribution in [0.25, 0.3) is 0 Å². The number of ether oxygens (including phenoxy) is 2. The van der Waals surface area contributed by atoms with E-state index in [0.29, 0.717) is 5.75 Å². The summed E-state index contributed by atoms with van der Waals surface area (Å²) in [4.78, 5) is 0. The van der Waals surface area contributed by atoms with E-state index >= 15 is 0 Å². The zero-order valence-corrected chi connectivity index (χ0v) is 13.7. The first-order valence-corrected chi connectivity index (χ1v) is 4.68. The van der Waals surface area contributed by atoms with Gasteiger partial charge in [0.25, 0.3) is 0 Å². The van der Waals surface area contributed by atoms with E-state index in [1.54, 1.807) is 0 Å². The van der Waals surface area contributed by atoms with Crippen molar-refractivity contribution in [2.24, 2.45) is 0 Å². The molecule has 5 nitrogen and oxygen atoms in total. The molecule has 1 N–H and O–H groups in total. The van der Waals surface area contributed by atoms with Crippen molar-refractivity contribution in [3.05, 3.63) is 0 Å². The van der Waals surface area contributed by atoms with Crippen molar-refractivity contribution < 1.29 is 44.3 Å². The zero-order chi connectivity index (χ0) is 12.0. The molecule has 0 aromatic heterocycles. The molecule has 0 aliphatic heterocycles. The van der Waals surface area contributed by atoms with Gasteiger partial charge in [0.1, 0.15) is 0 Å². The molecule has 0 heterocycles. The maximum Gasteiger partial charge on any atom is 2.00 e. The largest absolute Gasteiger partial charge is 2.00 e. The Bertz CT molecular complexity index is 75.4. The molecule has 0 saturated carbocycles. The molecule has 2 atom stereocenters. The molecule has 2 unspecified atom stereocenters. The number of methoxy groups -OCH3 is 2. The van der Waals surface area contributed by atoms with Gasteiger partial charge in [-0.05, 0) is 12.6 Å². The van der Waals surface area contributed by atoms with Gasteiger partial charge in [-0.3, -0.25) is 0 Å². The molecule has 0 aliphatic rings. The van der Waals surface area contributed by atoms with Gasteiger partial charge in [0.15, 0.2) is 0 Å². The van der Waals surface area contributed by atoms with E-state index in [1.807, 2.05) is 0 Å². The molecule has 0 spiro atoms. The van der Waals surface area contributed by atoms with Crippen LogP contribution in [0.5, 0.6) is 0 Å². The summed E-state index contributed by atoms with van der Waals surface area (Å²) in [5.41, 5.74) is 0. The van der Waals surface area contributed by atoms with E-state index in [0.717, 1.165) is 0 Å². The van der Waals surface area contributed by atoms with Gasteiger partial charge in [-0.1, -0.05) is 13.8 Å². The first-order chi connectivity index (χ1) is 6.45. The molecule has 90 valence electrons. The quantitative estimate of drug-likeness (QED) is 0.379. The second kappa shape index (κ2) is 24.1. The monoisotopic (exact) mass is 292 g/mol. The van der Waals surface area contributed by atoms with Crippen molar-refractivity contribution in [1.82, 2.24) is 0 Å². The Morgan fingerprint density at radius 2 is 1.27 bits per heavy atom. The van der Waals surface area contributed by atoms with Crippen LogP contribution in [-0.2, 0) is 29.0 Å². The first-order valence-electron chi connectivity index (χ1n) is 4.05. The average molecular weight is 294 g/mol. The molecule has 7 heteroatoms. The Morgan fingerprint density at radius 1 is 1.13 bits per heavy atom. The van der Waals surface area contributed by atoms with Gasteiger partial charge in [0.05, 0.1) is 6.61 Å². The molecule has 15 heavy (non-hydrogen) atoms. The Morgan fingerprint density at radius 3 is 1.27 bits per heavy atom. The van der Waals surface area contributed by atoms with Crippen LogP contribution in [0, 0.1) is 0 Å². The maximum atomic E-state index is 9.67. The Labute approximate surface area is 110 Å². The number of aliphatic hydroxyl groups is 1. The molecular weight excluding hydrogens is 274 g/mol. The van der Waals surface area contributed by atoms with Crippen LogP contribution in [-0.4, -0.2) is 44.3 Å². The van der Waals surface area contributed by atoms with Gasteiger partial charge >= 0.3 is 19.5 Å². The van der Waals surface area contributed by atoms with Crippen molar-refractivity contribution in [3.8, 4) is 0 Å². The predicted octanol–water partition coefficient (Wildman–Crippen LogP) is -1.42. The molecule has 0 aromatic carbocycles. The summed E-state index contributed by atoms with van der Waals surface area (Å²) in [5, 5.41) is 27.1.